The summed E-state index contributed by atoms with van der Waals surface area (Å²) in [6.45, 7) is 0. The first-order valence-corrected chi connectivity index (χ1v) is 17.9. The molecule has 0 atom stereocenters. The summed E-state index contributed by atoms with van der Waals surface area (Å²) in [4.78, 5) is 0. The second-order valence-corrected chi connectivity index (χ2v) is 14.7. The summed E-state index contributed by atoms with van der Waals surface area (Å²) in [7, 11) is -0.892. The molecule has 0 saturated heterocycles. The summed E-state index contributed by atoms with van der Waals surface area (Å²) in [5.41, 5.74) is 0. The molecular weight excluding hydrogens is 761 g/mol. The van der Waals surface area contributed by atoms with Gasteiger partial charge in [0.1, 0.15) is 0 Å². The molecule has 0 aliphatic heterocycles. The van der Waals surface area contributed by atoms with Gasteiger partial charge in [-0.2, -0.15) is 0 Å². The molecular formula is C42H38P2Pt. The van der Waals surface area contributed by atoms with Gasteiger partial charge in [-0.1, -0.05) is 182 Å². The van der Waals surface area contributed by atoms with Crippen molar-refractivity contribution >= 4 is 47.7 Å². The van der Waals surface area contributed by atoms with Gasteiger partial charge in [0.05, 0.1) is 0 Å². The van der Waals surface area contributed by atoms with Crippen molar-refractivity contribution in [3.8, 4) is 11.8 Å². The van der Waals surface area contributed by atoms with E-state index in [0.29, 0.717) is 0 Å². The number of rotatable bonds is 6. The van der Waals surface area contributed by atoms with Crippen LogP contribution in [0.25, 0.3) is 0 Å². The fourth-order valence-electron chi connectivity index (χ4n) is 4.96. The standard InChI is InChI=1S/2C18H15P.C6H8.Pt/c2*1-4-10-16(11-5-1)19(17-12-6-2-7-13-17)18-14-8-3-9-15-18;1-2-4-6-5-3-1;/h2*1-15H;1-4H2;. The molecule has 0 unspecified atom stereocenters. The molecule has 0 N–H and O–H groups in total. The fourth-order valence-corrected chi connectivity index (χ4v) is 9.57. The smallest absolute Gasteiger partial charge is 0.00890 e. The Balaban J connectivity index is 0.000000170. The molecule has 45 heavy (non-hydrogen) atoms. The molecule has 0 nitrogen and oxygen atoms in total. The minimum absolute atomic E-state index is 0. The molecule has 0 aromatic heterocycles. The van der Waals surface area contributed by atoms with E-state index in [1.54, 1.807) is 0 Å². The second-order valence-electron chi connectivity index (χ2n) is 10.2. The van der Waals surface area contributed by atoms with Crippen LogP contribution in [0.3, 0.4) is 0 Å². The monoisotopic (exact) mass is 799 g/mol. The van der Waals surface area contributed by atoms with Crippen molar-refractivity contribution in [3.63, 3.8) is 0 Å². The van der Waals surface area contributed by atoms with E-state index in [0.717, 1.165) is 12.8 Å². The van der Waals surface area contributed by atoms with Crippen molar-refractivity contribution in [3.05, 3.63) is 182 Å². The normalized spacial score (nSPS) is 11.4. The molecule has 1 aliphatic carbocycles. The van der Waals surface area contributed by atoms with E-state index in [4.69, 9.17) is 0 Å². The van der Waals surface area contributed by atoms with Crippen LogP contribution in [0.1, 0.15) is 25.7 Å². The largest absolute Gasteiger partial charge is 0.103 e. The minimum Gasteiger partial charge on any atom is -0.103 e. The first-order valence-electron chi connectivity index (χ1n) is 15.3. The molecule has 7 rings (SSSR count). The van der Waals surface area contributed by atoms with Gasteiger partial charge in [-0.15, -0.1) is 11.8 Å². The van der Waals surface area contributed by atoms with Crippen LogP contribution >= 0.6 is 15.8 Å². The Hall–Kier alpha value is -3.57. The zero-order valence-electron chi connectivity index (χ0n) is 25.4. The molecule has 0 fully saturated rings. The Kier molecular flexibility index (Phi) is 15.0. The Bertz CT molecular complexity index is 1370. The Morgan fingerprint density at radius 3 is 0.600 bits per heavy atom. The first kappa shape index (κ1) is 34.3. The van der Waals surface area contributed by atoms with Crippen LogP contribution in [0.2, 0.25) is 0 Å². The topological polar surface area (TPSA) is 0 Å². The summed E-state index contributed by atoms with van der Waals surface area (Å²) in [6.07, 6.45) is 4.93. The van der Waals surface area contributed by atoms with Crippen LogP contribution < -0.4 is 31.8 Å². The van der Waals surface area contributed by atoms with Crippen LogP contribution in [0.15, 0.2) is 182 Å². The van der Waals surface area contributed by atoms with Gasteiger partial charge in [0.2, 0.25) is 0 Å². The maximum absolute atomic E-state index is 3.03. The van der Waals surface area contributed by atoms with Gasteiger partial charge in [0, 0.05) is 33.9 Å². The van der Waals surface area contributed by atoms with Crippen molar-refractivity contribution in [2.24, 2.45) is 0 Å². The summed E-state index contributed by atoms with van der Waals surface area (Å²) in [5.74, 6) is 6.07. The van der Waals surface area contributed by atoms with E-state index in [2.05, 4.69) is 194 Å². The molecule has 0 radical (unpaired) electrons. The van der Waals surface area contributed by atoms with Gasteiger partial charge in [-0.3, -0.25) is 0 Å². The Morgan fingerprint density at radius 2 is 0.467 bits per heavy atom. The number of hydrogen-bond donors (Lipinski definition) is 0. The van der Waals surface area contributed by atoms with Crippen LogP contribution in [-0.2, 0) is 21.1 Å². The summed E-state index contributed by atoms with van der Waals surface area (Å²) in [5, 5.41) is 8.39. The predicted octanol–water partition coefficient (Wildman–Crippen LogP) is 8.45. The maximum Gasteiger partial charge on any atom is 0.00890 e. The van der Waals surface area contributed by atoms with Crippen molar-refractivity contribution in [1.29, 1.82) is 0 Å². The molecule has 0 spiro atoms. The average molecular weight is 800 g/mol. The number of benzene rings is 6. The molecule has 3 heteroatoms. The SMILES string of the molecule is C1#CCCCC1.[Pt].c1ccc(P(c2ccccc2)c2ccccc2)cc1.c1ccc(P(c2ccccc2)c2ccccc2)cc1. The van der Waals surface area contributed by atoms with Gasteiger partial charge in [-0.05, 0) is 60.5 Å². The van der Waals surface area contributed by atoms with Gasteiger partial charge in [-0.25, -0.2) is 0 Å². The second kappa shape index (κ2) is 19.7. The fraction of sp³-hybridized carbons (Fsp3) is 0.0952. The van der Waals surface area contributed by atoms with Crippen molar-refractivity contribution in [1.82, 2.24) is 0 Å². The van der Waals surface area contributed by atoms with Crippen LogP contribution in [0.4, 0.5) is 0 Å². The summed E-state index contributed by atoms with van der Waals surface area (Å²) >= 11 is 0. The third-order valence-electron chi connectivity index (χ3n) is 7.06. The maximum atomic E-state index is 3.03. The van der Waals surface area contributed by atoms with Crippen molar-refractivity contribution in [2.75, 3.05) is 0 Å². The molecule has 0 amide bonds. The molecule has 6 aromatic carbocycles. The van der Waals surface area contributed by atoms with E-state index in [-0.39, 0.29) is 21.1 Å². The van der Waals surface area contributed by atoms with Crippen LogP contribution in [-0.4, -0.2) is 0 Å². The third kappa shape index (κ3) is 10.8. The van der Waals surface area contributed by atoms with Crippen LogP contribution in [0, 0.1) is 11.8 Å². The van der Waals surface area contributed by atoms with Crippen molar-refractivity contribution < 1.29 is 21.1 Å². The quantitative estimate of drug-likeness (QED) is 0.117. The van der Waals surface area contributed by atoms with E-state index < -0.39 is 15.8 Å². The zero-order chi connectivity index (χ0) is 30.1. The van der Waals surface area contributed by atoms with Crippen molar-refractivity contribution in [2.45, 2.75) is 25.7 Å². The molecule has 0 saturated carbocycles. The molecule has 6 aromatic rings. The minimum atomic E-state index is -0.446. The van der Waals surface area contributed by atoms with E-state index in [1.807, 2.05) is 0 Å². The van der Waals surface area contributed by atoms with E-state index in [9.17, 15) is 0 Å². The van der Waals surface area contributed by atoms with Crippen LogP contribution in [0.5, 0.6) is 0 Å². The molecule has 0 bridgehead atoms. The molecule has 1 aliphatic rings. The van der Waals surface area contributed by atoms with E-state index >= 15 is 0 Å². The van der Waals surface area contributed by atoms with E-state index in [1.165, 1.54) is 44.7 Å². The molecule has 226 valence electrons. The summed E-state index contributed by atoms with van der Waals surface area (Å²) < 4.78 is 0. The average Bonchev–Trinajstić information content (AvgIpc) is 3.13. The van der Waals surface area contributed by atoms with Gasteiger partial charge >= 0.3 is 0 Å². The number of hydrogen-bond acceptors (Lipinski definition) is 0. The first-order chi connectivity index (χ1) is 21.9. The van der Waals surface area contributed by atoms with Gasteiger partial charge < -0.3 is 0 Å². The van der Waals surface area contributed by atoms with Gasteiger partial charge in [0.15, 0.2) is 0 Å². The molecule has 0 heterocycles. The Morgan fingerprint density at radius 1 is 0.289 bits per heavy atom. The van der Waals surface area contributed by atoms with Gasteiger partial charge in [0.25, 0.3) is 0 Å². The predicted molar refractivity (Wildman–Crippen MR) is 197 cm³/mol. The Labute approximate surface area is 286 Å². The zero-order valence-corrected chi connectivity index (χ0v) is 29.4. The summed E-state index contributed by atoms with van der Waals surface area (Å²) in [6, 6.07) is 64.7. The third-order valence-corrected chi connectivity index (χ3v) is 12.0.